The highest BCUT2D eigenvalue weighted by Gasteiger charge is 2.09. The highest BCUT2D eigenvalue weighted by Crippen LogP contribution is 2.25. The Kier molecular flexibility index (Phi) is 5.89. The van der Waals surface area contributed by atoms with Crippen molar-refractivity contribution in [3.05, 3.63) is 28.3 Å². The summed E-state index contributed by atoms with van der Waals surface area (Å²) in [4.78, 5) is 10.00. The van der Waals surface area contributed by atoms with Gasteiger partial charge in [0.2, 0.25) is 0 Å². The van der Waals surface area contributed by atoms with Crippen LogP contribution in [0.4, 0.5) is 11.4 Å². The van der Waals surface area contributed by atoms with Gasteiger partial charge in [0.15, 0.2) is 0 Å². The summed E-state index contributed by atoms with van der Waals surface area (Å²) >= 11 is 0. The molecule has 0 fully saturated rings. The summed E-state index contributed by atoms with van der Waals surface area (Å²) in [5, 5.41) is 10.5. The van der Waals surface area contributed by atoms with E-state index < -0.39 is 4.92 Å². The predicted molar refractivity (Wildman–Crippen MR) is 65.7 cm³/mol. The highest BCUT2D eigenvalue weighted by molar-refractivity contribution is 5.58. The van der Waals surface area contributed by atoms with E-state index in [9.17, 15) is 10.1 Å². The summed E-state index contributed by atoms with van der Waals surface area (Å²) in [6, 6.07) is 4.08. The number of nitro groups is 1. The summed E-state index contributed by atoms with van der Waals surface area (Å²) in [5.74, 6) is 0.413. The molecule has 0 unspecified atom stereocenters. The van der Waals surface area contributed by atoms with Crippen LogP contribution in [0.3, 0.4) is 0 Å². The van der Waals surface area contributed by atoms with Crippen molar-refractivity contribution in [3.63, 3.8) is 0 Å². The molecule has 0 radical (unpaired) electrons. The first-order valence-electron chi connectivity index (χ1n) is 5.38. The molecule has 1 aromatic carbocycles. The van der Waals surface area contributed by atoms with Crippen LogP contribution in [0.25, 0.3) is 0 Å². The van der Waals surface area contributed by atoms with Crippen molar-refractivity contribution in [1.29, 1.82) is 0 Å². The predicted octanol–water partition coefficient (Wildman–Crippen LogP) is 1.22. The highest BCUT2D eigenvalue weighted by atomic mass is 16.6. The summed E-state index contributed by atoms with van der Waals surface area (Å²) in [7, 11) is 1.59. The van der Waals surface area contributed by atoms with E-state index in [1.54, 1.807) is 7.11 Å². The van der Waals surface area contributed by atoms with E-state index in [4.69, 9.17) is 19.9 Å². The summed E-state index contributed by atoms with van der Waals surface area (Å²) in [5.41, 5.74) is 5.81. The average Bonchev–Trinajstić information content (AvgIpc) is 2.35. The van der Waals surface area contributed by atoms with E-state index in [1.165, 1.54) is 18.2 Å². The number of hydrogen-bond donors (Lipinski definition) is 1. The Balaban J connectivity index is 2.36. The Bertz CT molecular complexity index is 397. The number of non-ortho nitro benzene ring substituents is 1. The first kappa shape index (κ1) is 14.2. The molecule has 0 spiro atoms. The average molecular weight is 256 g/mol. The van der Waals surface area contributed by atoms with E-state index >= 15 is 0 Å². The normalized spacial score (nSPS) is 10.3. The molecule has 7 nitrogen and oxygen atoms in total. The van der Waals surface area contributed by atoms with Crippen LogP contribution in [0, 0.1) is 10.1 Å². The van der Waals surface area contributed by atoms with Crippen molar-refractivity contribution in [2.75, 3.05) is 39.3 Å². The number of rotatable bonds is 8. The molecule has 0 heterocycles. The van der Waals surface area contributed by atoms with Gasteiger partial charge in [0.05, 0.1) is 30.4 Å². The number of nitrogens with zero attached hydrogens (tertiary/aromatic N) is 1. The third-order valence-electron chi connectivity index (χ3n) is 2.12. The van der Waals surface area contributed by atoms with Gasteiger partial charge in [-0.2, -0.15) is 0 Å². The Morgan fingerprint density at radius 1 is 1.28 bits per heavy atom. The van der Waals surface area contributed by atoms with Crippen molar-refractivity contribution < 1.29 is 19.1 Å². The van der Waals surface area contributed by atoms with Gasteiger partial charge in [-0.05, 0) is 6.07 Å². The van der Waals surface area contributed by atoms with Crippen molar-refractivity contribution in [2.45, 2.75) is 0 Å². The van der Waals surface area contributed by atoms with Gasteiger partial charge in [-0.1, -0.05) is 0 Å². The maximum atomic E-state index is 10.5. The van der Waals surface area contributed by atoms with Gasteiger partial charge in [0, 0.05) is 19.2 Å². The van der Waals surface area contributed by atoms with E-state index in [0.717, 1.165) is 0 Å². The van der Waals surface area contributed by atoms with Gasteiger partial charge < -0.3 is 19.9 Å². The lowest BCUT2D eigenvalue weighted by atomic mass is 10.2. The molecule has 0 aliphatic carbocycles. The SMILES string of the molecule is COCCOCCOc1ccc([N+](=O)[O-])cc1N. The van der Waals surface area contributed by atoms with Crippen molar-refractivity contribution in [3.8, 4) is 5.75 Å². The quantitative estimate of drug-likeness (QED) is 0.325. The zero-order valence-corrected chi connectivity index (χ0v) is 10.1. The van der Waals surface area contributed by atoms with Crippen LogP contribution in [0.15, 0.2) is 18.2 Å². The molecule has 0 saturated heterocycles. The van der Waals surface area contributed by atoms with Crippen molar-refractivity contribution in [1.82, 2.24) is 0 Å². The number of nitrogen functional groups attached to an aromatic ring is 1. The summed E-state index contributed by atoms with van der Waals surface area (Å²) in [6.07, 6.45) is 0. The van der Waals surface area contributed by atoms with Gasteiger partial charge >= 0.3 is 0 Å². The molecule has 0 aliphatic heterocycles. The summed E-state index contributed by atoms with van der Waals surface area (Å²) < 4.78 is 15.3. The fourth-order valence-corrected chi connectivity index (χ4v) is 1.24. The number of nitro benzene ring substituents is 1. The maximum Gasteiger partial charge on any atom is 0.271 e. The molecule has 0 bridgehead atoms. The molecule has 0 saturated carbocycles. The second-order valence-corrected chi connectivity index (χ2v) is 3.43. The third kappa shape index (κ3) is 4.56. The van der Waals surface area contributed by atoms with Crippen LogP contribution in [-0.2, 0) is 9.47 Å². The number of ether oxygens (including phenoxy) is 3. The van der Waals surface area contributed by atoms with Crippen LogP contribution < -0.4 is 10.5 Å². The fourth-order valence-electron chi connectivity index (χ4n) is 1.24. The minimum absolute atomic E-state index is 0.0591. The van der Waals surface area contributed by atoms with Crippen LogP contribution in [0.2, 0.25) is 0 Å². The molecule has 2 N–H and O–H groups in total. The van der Waals surface area contributed by atoms with Gasteiger partial charge in [-0.25, -0.2) is 0 Å². The van der Waals surface area contributed by atoms with Crippen LogP contribution in [0.5, 0.6) is 5.75 Å². The van der Waals surface area contributed by atoms with Crippen LogP contribution >= 0.6 is 0 Å². The standard InChI is InChI=1S/C11H16N2O5/c1-16-4-5-17-6-7-18-11-3-2-9(13(14)15)8-10(11)12/h2-3,8H,4-7,12H2,1H3. The van der Waals surface area contributed by atoms with E-state index in [2.05, 4.69) is 0 Å². The largest absolute Gasteiger partial charge is 0.489 e. The number of nitrogens with two attached hydrogens (primary N) is 1. The molecule has 7 heteroatoms. The first-order chi connectivity index (χ1) is 8.65. The molecule has 0 aromatic heterocycles. The molecule has 1 aromatic rings. The Hall–Kier alpha value is -1.86. The first-order valence-corrected chi connectivity index (χ1v) is 5.38. The second kappa shape index (κ2) is 7.46. The Morgan fingerprint density at radius 3 is 2.61 bits per heavy atom. The smallest absolute Gasteiger partial charge is 0.271 e. The fraction of sp³-hybridized carbons (Fsp3) is 0.455. The van der Waals surface area contributed by atoms with Gasteiger partial charge in [0.1, 0.15) is 12.4 Å². The molecule has 0 atom stereocenters. The van der Waals surface area contributed by atoms with E-state index in [0.29, 0.717) is 32.2 Å². The van der Waals surface area contributed by atoms with Gasteiger partial charge in [-0.15, -0.1) is 0 Å². The number of anilines is 1. The molecular weight excluding hydrogens is 240 g/mol. The van der Waals surface area contributed by atoms with Crippen LogP contribution in [0.1, 0.15) is 0 Å². The lowest BCUT2D eigenvalue weighted by Gasteiger charge is -2.08. The molecular formula is C11H16N2O5. The molecule has 18 heavy (non-hydrogen) atoms. The Labute approximate surface area is 105 Å². The topological polar surface area (TPSA) is 96.8 Å². The number of methoxy groups -OCH3 is 1. The molecule has 0 amide bonds. The third-order valence-corrected chi connectivity index (χ3v) is 2.12. The lowest BCUT2D eigenvalue weighted by molar-refractivity contribution is -0.384. The minimum atomic E-state index is -0.506. The second-order valence-electron chi connectivity index (χ2n) is 3.43. The minimum Gasteiger partial charge on any atom is -0.489 e. The van der Waals surface area contributed by atoms with Gasteiger partial charge in [0.25, 0.3) is 5.69 Å². The van der Waals surface area contributed by atoms with Crippen molar-refractivity contribution in [2.24, 2.45) is 0 Å². The van der Waals surface area contributed by atoms with Crippen molar-refractivity contribution >= 4 is 11.4 Å². The van der Waals surface area contributed by atoms with E-state index in [-0.39, 0.29) is 11.4 Å². The number of hydrogen-bond acceptors (Lipinski definition) is 6. The summed E-state index contributed by atoms with van der Waals surface area (Å²) in [6.45, 7) is 1.75. The maximum absolute atomic E-state index is 10.5. The van der Waals surface area contributed by atoms with Crippen LogP contribution in [-0.4, -0.2) is 38.5 Å². The monoisotopic (exact) mass is 256 g/mol. The molecule has 1 rings (SSSR count). The zero-order valence-electron chi connectivity index (χ0n) is 10.1. The molecule has 100 valence electrons. The molecule has 0 aliphatic rings. The number of benzene rings is 1. The lowest BCUT2D eigenvalue weighted by Crippen LogP contribution is -2.10. The van der Waals surface area contributed by atoms with Gasteiger partial charge in [-0.3, -0.25) is 10.1 Å². The Morgan fingerprint density at radius 2 is 2.00 bits per heavy atom. The van der Waals surface area contributed by atoms with E-state index in [1.807, 2.05) is 0 Å². The zero-order chi connectivity index (χ0) is 13.4.